The summed E-state index contributed by atoms with van der Waals surface area (Å²) in [4.78, 5) is 0.122. The van der Waals surface area contributed by atoms with E-state index in [0.717, 1.165) is 18.7 Å². The number of methoxy groups -OCH3 is 1. The molecule has 0 bridgehead atoms. The van der Waals surface area contributed by atoms with Crippen molar-refractivity contribution in [3.63, 3.8) is 0 Å². The summed E-state index contributed by atoms with van der Waals surface area (Å²) < 4.78 is 33.6. The Balaban J connectivity index is 1.80. The van der Waals surface area contributed by atoms with Crippen LogP contribution in [0.2, 0.25) is 0 Å². The average Bonchev–Trinajstić information content (AvgIpc) is 3.00. The van der Waals surface area contributed by atoms with E-state index in [1.165, 1.54) is 24.3 Å². The zero-order chi connectivity index (χ0) is 16.4. The molecule has 0 aliphatic carbocycles. The SMILES string of the molecule is COc1ccc(Br)cc1S(=O)(=O)NCc1ccc2c(c1)CNC2. The molecule has 0 aromatic heterocycles. The first kappa shape index (κ1) is 16.4. The second-order valence-electron chi connectivity index (χ2n) is 5.33. The molecule has 1 aliphatic rings. The Kier molecular flexibility index (Phi) is 4.72. The number of fused-ring (bicyclic) bond motifs is 1. The maximum atomic E-state index is 12.5. The molecule has 3 rings (SSSR count). The van der Waals surface area contributed by atoms with Gasteiger partial charge in [0.05, 0.1) is 7.11 Å². The van der Waals surface area contributed by atoms with Crippen LogP contribution in [0.15, 0.2) is 45.8 Å². The fraction of sp³-hybridized carbons (Fsp3) is 0.250. The number of rotatable bonds is 5. The fourth-order valence-electron chi connectivity index (χ4n) is 2.57. The van der Waals surface area contributed by atoms with Crippen LogP contribution in [0.5, 0.6) is 5.75 Å². The van der Waals surface area contributed by atoms with Gasteiger partial charge in [0.15, 0.2) is 0 Å². The van der Waals surface area contributed by atoms with Gasteiger partial charge in [-0.25, -0.2) is 13.1 Å². The zero-order valence-corrected chi connectivity index (χ0v) is 15.0. The minimum Gasteiger partial charge on any atom is -0.495 e. The van der Waals surface area contributed by atoms with Crippen LogP contribution < -0.4 is 14.8 Å². The molecule has 2 aromatic rings. The lowest BCUT2D eigenvalue weighted by Crippen LogP contribution is -2.23. The van der Waals surface area contributed by atoms with E-state index in [1.807, 2.05) is 18.2 Å². The molecule has 0 fully saturated rings. The largest absolute Gasteiger partial charge is 0.495 e. The molecule has 1 heterocycles. The highest BCUT2D eigenvalue weighted by Crippen LogP contribution is 2.27. The number of sulfonamides is 1. The lowest BCUT2D eigenvalue weighted by molar-refractivity contribution is 0.402. The van der Waals surface area contributed by atoms with Gasteiger partial charge in [-0.2, -0.15) is 0 Å². The highest BCUT2D eigenvalue weighted by molar-refractivity contribution is 9.10. The average molecular weight is 397 g/mol. The molecule has 0 saturated heterocycles. The first-order valence-electron chi connectivity index (χ1n) is 7.14. The third-order valence-corrected chi connectivity index (χ3v) is 5.70. The van der Waals surface area contributed by atoms with Crippen molar-refractivity contribution in [3.8, 4) is 5.75 Å². The molecule has 0 spiro atoms. The summed E-state index contributed by atoms with van der Waals surface area (Å²) in [7, 11) is -2.20. The normalized spacial score (nSPS) is 13.8. The Bertz CT molecular complexity index is 837. The molecule has 1 aliphatic heterocycles. The Hall–Kier alpha value is -1.41. The Morgan fingerprint density at radius 2 is 1.96 bits per heavy atom. The summed E-state index contributed by atoms with van der Waals surface area (Å²) in [5.41, 5.74) is 3.43. The summed E-state index contributed by atoms with van der Waals surface area (Å²) in [6.07, 6.45) is 0. The molecule has 2 aromatic carbocycles. The first-order valence-corrected chi connectivity index (χ1v) is 9.42. The molecule has 23 heavy (non-hydrogen) atoms. The highest BCUT2D eigenvalue weighted by atomic mass is 79.9. The van der Waals surface area contributed by atoms with E-state index >= 15 is 0 Å². The number of hydrogen-bond acceptors (Lipinski definition) is 4. The highest BCUT2D eigenvalue weighted by Gasteiger charge is 2.20. The third-order valence-electron chi connectivity index (χ3n) is 3.78. The van der Waals surface area contributed by atoms with Crippen molar-refractivity contribution in [2.75, 3.05) is 7.11 Å². The summed E-state index contributed by atoms with van der Waals surface area (Å²) in [6, 6.07) is 10.9. The molecule has 5 nitrogen and oxygen atoms in total. The molecule has 0 amide bonds. The Labute approximate surface area is 144 Å². The van der Waals surface area contributed by atoms with E-state index in [1.54, 1.807) is 12.1 Å². The number of benzene rings is 2. The first-order chi connectivity index (χ1) is 11.0. The van der Waals surface area contributed by atoms with Gasteiger partial charge in [-0.15, -0.1) is 0 Å². The van der Waals surface area contributed by atoms with Gasteiger partial charge in [0.25, 0.3) is 0 Å². The van der Waals surface area contributed by atoms with Gasteiger partial charge in [0.2, 0.25) is 10.0 Å². The second kappa shape index (κ2) is 6.60. The van der Waals surface area contributed by atoms with Crippen molar-refractivity contribution in [1.82, 2.24) is 10.0 Å². The molecule has 7 heteroatoms. The lowest BCUT2D eigenvalue weighted by atomic mass is 10.1. The smallest absolute Gasteiger partial charge is 0.244 e. The molecule has 0 radical (unpaired) electrons. The summed E-state index contributed by atoms with van der Waals surface area (Å²) in [5.74, 6) is 0.318. The van der Waals surface area contributed by atoms with Gasteiger partial charge in [0.1, 0.15) is 10.6 Å². The van der Waals surface area contributed by atoms with Crippen LogP contribution in [-0.2, 0) is 29.7 Å². The minimum absolute atomic E-state index is 0.122. The van der Waals surface area contributed by atoms with Crippen LogP contribution >= 0.6 is 15.9 Å². The number of halogens is 1. The monoisotopic (exact) mass is 396 g/mol. The van der Waals surface area contributed by atoms with Gasteiger partial charge >= 0.3 is 0 Å². The fourth-order valence-corrected chi connectivity index (χ4v) is 4.30. The van der Waals surface area contributed by atoms with Crippen LogP contribution in [-0.4, -0.2) is 15.5 Å². The van der Waals surface area contributed by atoms with E-state index in [-0.39, 0.29) is 11.4 Å². The lowest BCUT2D eigenvalue weighted by Gasteiger charge is -2.11. The molecular formula is C16H17BrN2O3S. The van der Waals surface area contributed by atoms with Crippen LogP contribution in [0.3, 0.4) is 0 Å². The van der Waals surface area contributed by atoms with Gasteiger partial charge in [-0.1, -0.05) is 34.1 Å². The van der Waals surface area contributed by atoms with Crippen molar-refractivity contribution in [2.45, 2.75) is 24.5 Å². The maximum Gasteiger partial charge on any atom is 0.244 e. The van der Waals surface area contributed by atoms with E-state index < -0.39 is 10.0 Å². The van der Waals surface area contributed by atoms with Crippen LogP contribution in [0.25, 0.3) is 0 Å². The van der Waals surface area contributed by atoms with Gasteiger partial charge in [-0.05, 0) is 34.9 Å². The van der Waals surface area contributed by atoms with Crippen molar-refractivity contribution < 1.29 is 13.2 Å². The minimum atomic E-state index is -3.66. The van der Waals surface area contributed by atoms with Gasteiger partial charge < -0.3 is 10.1 Å². The summed E-state index contributed by atoms with van der Waals surface area (Å²) >= 11 is 3.29. The van der Waals surface area contributed by atoms with E-state index in [0.29, 0.717) is 10.2 Å². The molecule has 0 saturated carbocycles. The molecule has 0 atom stereocenters. The summed E-state index contributed by atoms with van der Waals surface area (Å²) in [5, 5.41) is 3.27. The van der Waals surface area contributed by atoms with E-state index in [2.05, 4.69) is 26.0 Å². The molecule has 2 N–H and O–H groups in total. The standard InChI is InChI=1S/C16H17BrN2O3S/c1-22-15-5-4-14(17)7-16(15)23(20,21)19-8-11-2-3-12-9-18-10-13(12)6-11/h2-7,18-19H,8-10H2,1H3. The van der Waals surface area contributed by atoms with E-state index in [9.17, 15) is 8.42 Å². The molecule has 122 valence electrons. The predicted octanol–water partition coefficient (Wildman–Crippen LogP) is 2.54. The zero-order valence-electron chi connectivity index (χ0n) is 12.6. The van der Waals surface area contributed by atoms with Crippen LogP contribution in [0.4, 0.5) is 0 Å². The Morgan fingerprint density at radius 3 is 2.74 bits per heavy atom. The number of nitrogens with one attached hydrogen (secondary N) is 2. The van der Waals surface area contributed by atoms with Crippen molar-refractivity contribution in [1.29, 1.82) is 0 Å². The third kappa shape index (κ3) is 3.58. The quantitative estimate of drug-likeness (QED) is 0.814. The van der Waals surface area contributed by atoms with Crippen LogP contribution in [0, 0.1) is 0 Å². The summed E-state index contributed by atoms with van der Waals surface area (Å²) in [6.45, 7) is 1.94. The van der Waals surface area contributed by atoms with E-state index in [4.69, 9.17) is 4.74 Å². The molecule has 0 unspecified atom stereocenters. The molecular weight excluding hydrogens is 380 g/mol. The van der Waals surface area contributed by atoms with Crippen molar-refractivity contribution in [2.24, 2.45) is 0 Å². The van der Waals surface area contributed by atoms with Crippen molar-refractivity contribution in [3.05, 3.63) is 57.6 Å². The van der Waals surface area contributed by atoms with Crippen LogP contribution in [0.1, 0.15) is 16.7 Å². The maximum absolute atomic E-state index is 12.5. The number of ether oxygens (including phenoxy) is 1. The topological polar surface area (TPSA) is 67.4 Å². The Morgan fingerprint density at radius 1 is 1.17 bits per heavy atom. The predicted molar refractivity (Wildman–Crippen MR) is 91.7 cm³/mol. The second-order valence-corrected chi connectivity index (χ2v) is 7.98. The number of hydrogen-bond donors (Lipinski definition) is 2. The van der Waals surface area contributed by atoms with Crippen molar-refractivity contribution >= 4 is 26.0 Å². The van der Waals surface area contributed by atoms with Gasteiger partial charge in [0, 0.05) is 24.1 Å². The van der Waals surface area contributed by atoms with Gasteiger partial charge in [-0.3, -0.25) is 0 Å².